The fourth-order valence-electron chi connectivity index (χ4n) is 5.74. The Balaban J connectivity index is 2.04. The predicted molar refractivity (Wildman–Crippen MR) is 112 cm³/mol. The summed E-state index contributed by atoms with van der Waals surface area (Å²) in [7, 11) is -2.68. The molecule has 1 atom stereocenters. The number of rotatable bonds is 4. The molecule has 0 aromatic carbocycles. The second-order valence-corrected chi connectivity index (χ2v) is 18.4. The maximum absolute atomic E-state index is 6.00. The summed E-state index contributed by atoms with van der Waals surface area (Å²) in [6, 6.07) is 0. The highest BCUT2D eigenvalue weighted by Crippen LogP contribution is 2.69. The van der Waals surface area contributed by atoms with Crippen molar-refractivity contribution in [2.24, 2.45) is 4.41 Å². The molecular weight excluding hydrogens is 327 g/mol. The van der Waals surface area contributed by atoms with Crippen LogP contribution in [0.5, 0.6) is 0 Å². The van der Waals surface area contributed by atoms with Gasteiger partial charge in [0.05, 0.1) is 0 Å². The van der Waals surface area contributed by atoms with E-state index < -0.39 is 15.3 Å². The van der Waals surface area contributed by atoms with Crippen LogP contribution in [0, 0.1) is 0 Å². The van der Waals surface area contributed by atoms with Gasteiger partial charge in [-0.1, -0.05) is 64.6 Å². The van der Waals surface area contributed by atoms with Crippen molar-refractivity contribution in [3.05, 3.63) is 0 Å². The first-order valence-corrected chi connectivity index (χ1v) is 16.3. The van der Waals surface area contributed by atoms with Gasteiger partial charge in [0.2, 0.25) is 0 Å². The van der Waals surface area contributed by atoms with E-state index in [9.17, 15) is 0 Å². The molecule has 24 heavy (non-hydrogen) atoms. The second kappa shape index (κ2) is 8.40. The Hall–Kier alpha value is 0.407. The lowest BCUT2D eigenvalue weighted by molar-refractivity contribution is 0.443. The zero-order chi connectivity index (χ0) is 17.0. The molecule has 1 unspecified atom stereocenters. The summed E-state index contributed by atoms with van der Waals surface area (Å²) < 4.78 is 6.00. The topological polar surface area (TPSA) is 24.4 Å². The van der Waals surface area contributed by atoms with Crippen LogP contribution >= 0.6 is 7.05 Å². The maximum atomic E-state index is 6.00. The van der Waals surface area contributed by atoms with Gasteiger partial charge in [0.1, 0.15) is 0 Å². The molecule has 0 aromatic heterocycles. The molecular formula is C20H41N2PSi. The molecule has 1 aliphatic heterocycles. The molecule has 4 heteroatoms. The molecule has 0 bridgehead atoms. The first kappa shape index (κ1) is 19.2. The van der Waals surface area contributed by atoms with Crippen LogP contribution in [0.3, 0.4) is 0 Å². The summed E-state index contributed by atoms with van der Waals surface area (Å²) in [6.45, 7) is 8.79. The quantitative estimate of drug-likeness (QED) is 0.429. The van der Waals surface area contributed by atoms with Gasteiger partial charge in [-0.2, -0.15) is 0 Å². The van der Waals surface area contributed by atoms with Gasteiger partial charge in [-0.25, -0.2) is 0 Å². The SMILES string of the molecule is C[Si](C)(C)N=P(C1CCCCC1)(C1CCCCC1)C1CCCCN1. The van der Waals surface area contributed by atoms with Gasteiger partial charge in [0, 0.05) is 5.78 Å². The van der Waals surface area contributed by atoms with Crippen molar-refractivity contribution < 1.29 is 0 Å². The van der Waals surface area contributed by atoms with Gasteiger partial charge in [0.25, 0.3) is 0 Å². The molecule has 3 rings (SSSR count). The van der Waals surface area contributed by atoms with Gasteiger partial charge in [-0.3, -0.25) is 0 Å². The first-order chi connectivity index (χ1) is 11.5. The summed E-state index contributed by atoms with van der Waals surface area (Å²) in [6.07, 6.45) is 19.1. The van der Waals surface area contributed by atoms with Crippen molar-refractivity contribution in [1.82, 2.24) is 5.32 Å². The normalized spacial score (nSPS) is 28.7. The van der Waals surface area contributed by atoms with Crippen LogP contribution in [-0.2, 0) is 0 Å². The van der Waals surface area contributed by atoms with Crippen LogP contribution in [0.4, 0.5) is 0 Å². The summed E-state index contributed by atoms with van der Waals surface area (Å²) in [5.41, 5.74) is 1.94. The molecule has 2 aliphatic carbocycles. The fraction of sp³-hybridized carbons (Fsp3) is 1.00. The lowest BCUT2D eigenvalue weighted by atomic mass is 9.99. The number of piperidine rings is 1. The lowest BCUT2D eigenvalue weighted by Crippen LogP contribution is -2.42. The van der Waals surface area contributed by atoms with Crippen LogP contribution in [0.15, 0.2) is 4.41 Å². The Morgan fingerprint density at radius 1 is 0.708 bits per heavy atom. The molecule has 2 nitrogen and oxygen atoms in total. The molecule has 0 spiro atoms. The molecule has 0 radical (unpaired) electrons. The van der Waals surface area contributed by atoms with E-state index in [1.165, 1.54) is 90.0 Å². The van der Waals surface area contributed by atoms with Gasteiger partial charge in [-0.05, 0) is 63.4 Å². The van der Waals surface area contributed by atoms with Crippen molar-refractivity contribution in [1.29, 1.82) is 0 Å². The number of nitrogens with zero attached hydrogens (tertiary/aromatic N) is 1. The third kappa shape index (κ3) is 4.38. The third-order valence-corrected chi connectivity index (χ3v) is 15.2. The molecule has 0 amide bonds. The molecule has 140 valence electrons. The smallest absolute Gasteiger partial charge is 0.170 e. The Kier molecular flexibility index (Phi) is 6.71. The van der Waals surface area contributed by atoms with Gasteiger partial charge < -0.3 is 9.73 Å². The standard InChI is InChI=1S/C20H41N2PSi/c1-24(2,3)22-23(18-12-6-4-7-13-18,19-14-8-5-9-15-19)20-16-10-11-17-21-20/h18-21H,4-17H2,1-3H3. The zero-order valence-electron chi connectivity index (χ0n) is 16.5. The van der Waals surface area contributed by atoms with Gasteiger partial charge in [-0.15, -0.1) is 0 Å². The molecule has 1 heterocycles. The van der Waals surface area contributed by atoms with Crippen LogP contribution in [-0.4, -0.2) is 31.9 Å². The molecule has 2 saturated carbocycles. The summed E-state index contributed by atoms with van der Waals surface area (Å²) >= 11 is 0. The second-order valence-electron chi connectivity index (χ2n) is 9.61. The van der Waals surface area contributed by atoms with Crippen molar-refractivity contribution in [3.63, 3.8) is 0 Å². The van der Waals surface area contributed by atoms with Crippen molar-refractivity contribution in [2.45, 2.75) is 120 Å². The Morgan fingerprint density at radius 2 is 1.21 bits per heavy atom. The van der Waals surface area contributed by atoms with Crippen molar-refractivity contribution in [2.75, 3.05) is 6.54 Å². The van der Waals surface area contributed by atoms with Crippen molar-refractivity contribution in [3.8, 4) is 0 Å². The van der Waals surface area contributed by atoms with E-state index in [0.717, 1.165) is 17.1 Å². The highest BCUT2D eigenvalue weighted by atomic mass is 31.2. The first-order valence-electron chi connectivity index (χ1n) is 10.9. The van der Waals surface area contributed by atoms with E-state index in [-0.39, 0.29) is 0 Å². The number of hydrogen-bond acceptors (Lipinski definition) is 2. The van der Waals surface area contributed by atoms with Crippen LogP contribution in [0.2, 0.25) is 19.6 Å². The maximum Gasteiger partial charge on any atom is 0.170 e. The fourth-order valence-corrected chi connectivity index (χ4v) is 16.8. The highest BCUT2D eigenvalue weighted by molar-refractivity contribution is 7.69. The minimum Gasteiger partial charge on any atom is -0.336 e. The van der Waals surface area contributed by atoms with Gasteiger partial charge >= 0.3 is 0 Å². The van der Waals surface area contributed by atoms with E-state index in [0.29, 0.717) is 0 Å². The van der Waals surface area contributed by atoms with E-state index in [2.05, 4.69) is 25.0 Å². The van der Waals surface area contributed by atoms with E-state index in [4.69, 9.17) is 4.41 Å². The van der Waals surface area contributed by atoms with E-state index in [1.54, 1.807) is 0 Å². The average molecular weight is 369 g/mol. The Bertz CT molecular complexity index is 387. The lowest BCUT2D eigenvalue weighted by Gasteiger charge is -2.50. The van der Waals surface area contributed by atoms with E-state index >= 15 is 0 Å². The predicted octanol–water partition coefficient (Wildman–Crippen LogP) is 6.79. The van der Waals surface area contributed by atoms with Crippen molar-refractivity contribution >= 4 is 15.3 Å². The van der Waals surface area contributed by atoms with Crippen LogP contribution < -0.4 is 5.32 Å². The Labute approximate surface area is 152 Å². The monoisotopic (exact) mass is 368 g/mol. The highest BCUT2D eigenvalue weighted by Gasteiger charge is 2.45. The summed E-state index contributed by atoms with van der Waals surface area (Å²) in [5.74, 6) is 0.782. The third-order valence-electron chi connectivity index (χ3n) is 6.58. The van der Waals surface area contributed by atoms with E-state index in [1.807, 2.05) is 0 Å². The number of hydrogen-bond donors (Lipinski definition) is 1. The Morgan fingerprint density at radius 3 is 1.62 bits per heavy atom. The molecule has 1 saturated heterocycles. The molecule has 0 aromatic rings. The van der Waals surface area contributed by atoms with Crippen LogP contribution in [0.25, 0.3) is 0 Å². The minimum atomic E-state index is -1.41. The minimum absolute atomic E-state index is 0.782. The zero-order valence-corrected chi connectivity index (χ0v) is 18.4. The molecule has 3 aliphatic rings. The molecule has 3 fully saturated rings. The van der Waals surface area contributed by atoms with Gasteiger partial charge in [0.15, 0.2) is 8.24 Å². The number of nitrogens with one attached hydrogen (secondary N) is 1. The molecule has 1 N–H and O–H groups in total. The average Bonchev–Trinajstić information content (AvgIpc) is 2.61. The summed E-state index contributed by atoms with van der Waals surface area (Å²) in [5, 5.41) is 4.06. The van der Waals surface area contributed by atoms with Crippen LogP contribution in [0.1, 0.15) is 83.5 Å². The summed E-state index contributed by atoms with van der Waals surface area (Å²) in [4.78, 5) is 0. The largest absolute Gasteiger partial charge is 0.336 e.